The highest BCUT2D eigenvalue weighted by molar-refractivity contribution is 5.89. The smallest absolute Gasteiger partial charge is 0.321 e. The molecule has 0 spiro atoms. The zero-order chi connectivity index (χ0) is 18.2. The van der Waals surface area contributed by atoms with Gasteiger partial charge in [0, 0.05) is 37.4 Å². The lowest BCUT2D eigenvalue weighted by molar-refractivity contribution is -0.122. The van der Waals surface area contributed by atoms with Crippen molar-refractivity contribution >= 4 is 17.6 Å². The molecule has 0 unspecified atom stereocenters. The van der Waals surface area contributed by atoms with Crippen molar-refractivity contribution in [2.24, 2.45) is 0 Å². The highest BCUT2D eigenvalue weighted by Gasteiger charge is 2.23. The summed E-state index contributed by atoms with van der Waals surface area (Å²) in [6, 6.07) is 9.51. The van der Waals surface area contributed by atoms with E-state index < -0.39 is 0 Å². The first-order chi connectivity index (χ1) is 12.7. The minimum atomic E-state index is -0.0823. The number of nitrogens with one attached hydrogen (secondary N) is 3. The largest absolute Gasteiger partial charge is 0.353 e. The van der Waals surface area contributed by atoms with Gasteiger partial charge in [0.15, 0.2) is 0 Å². The average molecular weight is 355 g/mol. The van der Waals surface area contributed by atoms with Crippen LogP contribution >= 0.6 is 0 Å². The number of anilines is 1. The normalized spacial score (nSPS) is 14.8. The van der Waals surface area contributed by atoms with Crippen LogP contribution in [0, 0.1) is 0 Å². The molecule has 7 heteroatoms. The molecule has 3 rings (SSSR count). The summed E-state index contributed by atoms with van der Waals surface area (Å²) < 4.78 is 0. The van der Waals surface area contributed by atoms with Crippen LogP contribution in [0.3, 0.4) is 0 Å². The lowest BCUT2D eigenvalue weighted by Crippen LogP contribution is -2.47. The number of nitrogens with zero attached hydrogens (tertiary/aromatic N) is 2. The molecule has 1 saturated heterocycles. The number of piperidine rings is 1. The molecule has 26 heavy (non-hydrogen) atoms. The Bertz CT molecular complexity index is 694. The summed E-state index contributed by atoms with van der Waals surface area (Å²) in [4.78, 5) is 26.1. The zero-order valence-electron chi connectivity index (χ0n) is 14.8. The van der Waals surface area contributed by atoms with Crippen LogP contribution in [0.5, 0.6) is 0 Å². The molecule has 1 aromatic carbocycles. The second-order valence-corrected chi connectivity index (χ2v) is 6.59. The summed E-state index contributed by atoms with van der Waals surface area (Å²) in [6.07, 6.45) is 7.39. The van der Waals surface area contributed by atoms with Crippen molar-refractivity contribution in [1.82, 2.24) is 20.4 Å². The van der Waals surface area contributed by atoms with Crippen LogP contribution in [-0.4, -0.2) is 46.2 Å². The molecule has 2 aromatic rings. The Hall–Kier alpha value is -2.83. The monoisotopic (exact) mass is 355 g/mol. The molecular formula is C19H25N5O2. The standard InChI is InChI=1S/C19H25N5O2/c25-18(8-4-5-15-13-20-21-14-15)22-17-9-11-24(12-10-17)19(26)23-16-6-2-1-3-7-16/h1-3,6-7,13-14,17H,4-5,8-12H2,(H,20,21)(H,22,25)(H,23,26). The number of likely N-dealkylation sites (tertiary alicyclic amines) is 1. The van der Waals surface area contributed by atoms with Crippen LogP contribution in [0.25, 0.3) is 0 Å². The van der Waals surface area contributed by atoms with Crippen LogP contribution in [0.2, 0.25) is 0 Å². The van der Waals surface area contributed by atoms with Gasteiger partial charge in [-0.1, -0.05) is 18.2 Å². The molecule has 138 valence electrons. The Morgan fingerprint density at radius 1 is 1.19 bits per heavy atom. The van der Waals surface area contributed by atoms with Crippen molar-refractivity contribution in [3.8, 4) is 0 Å². The lowest BCUT2D eigenvalue weighted by Gasteiger charge is -2.32. The van der Waals surface area contributed by atoms with Crippen molar-refractivity contribution in [3.63, 3.8) is 0 Å². The predicted octanol–water partition coefficient (Wildman–Crippen LogP) is 2.55. The predicted molar refractivity (Wildman–Crippen MR) is 99.7 cm³/mol. The highest BCUT2D eigenvalue weighted by Crippen LogP contribution is 2.13. The van der Waals surface area contributed by atoms with Gasteiger partial charge in [-0.25, -0.2) is 4.79 Å². The summed E-state index contributed by atoms with van der Waals surface area (Å²) in [5, 5.41) is 12.7. The van der Waals surface area contributed by atoms with Gasteiger partial charge in [0.25, 0.3) is 0 Å². The summed E-state index contributed by atoms with van der Waals surface area (Å²) >= 11 is 0. The molecule has 0 saturated carbocycles. The van der Waals surface area contributed by atoms with Crippen LogP contribution < -0.4 is 10.6 Å². The maximum Gasteiger partial charge on any atom is 0.321 e. The van der Waals surface area contributed by atoms with Crippen molar-refractivity contribution in [1.29, 1.82) is 0 Å². The second-order valence-electron chi connectivity index (χ2n) is 6.59. The molecule has 7 nitrogen and oxygen atoms in total. The van der Waals surface area contributed by atoms with E-state index in [0.29, 0.717) is 19.5 Å². The number of urea groups is 1. The van der Waals surface area contributed by atoms with Gasteiger partial charge in [0.1, 0.15) is 0 Å². The zero-order valence-corrected chi connectivity index (χ0v) is 14.8. The van der Waals surface area contributed by atoms with Gasteiger partial charge in [-0.3, -0.25) is 9.89 Å². The lowest BCUT2D eigenvalue weighted by atomic mass is 10.0. The number of amides is 3. The van der Waals surface area contributed by atoms with Crippen molar-refractivity contribution in [2.45, 2.75) is 38.1 Å². The fourth-order valence-electron chi connectivity index (χ4n) is 3.12. The molecule has 2 heterocycles. The van der Waals surface area contributed by atoms with Crippen molar-refractivity contribution < 1.29 is 9.59 Å². The summed E-state index contributed by atoms with van der Waals surface area (Å²) in [5.41, 5.74) is 1.92. The molecule has 1 aliphatic rings. The molecule has 0 radical (unpaired) electrons. The SMILES string of the molecule is O=C(CCCc1cn[nH]c1)NC1CCN(C(=O)Nc2ccccc2)CC1. The van der Waals surface area contributed by atoms with Gasteiger partial charge in [-0.15, -0.1) is 0 Å². The highest BCUT2D eigenvalue weighted by atomic mass is 16.2. The fourth-order valence-corrected chi connectivity index (χ4v) is 3.12. The van der Waals surface area contributed by atoms with E-state index in [4.69, 9.17) is 0 Å². The molecule has 0 atom stereocenters. The minimum Gasteiger partial charge on any atom is -0.353 e. The molecule has 1 aliphatic heterocycles. The Kier molecular flexibility index (Phi) is 6.24. The molecular weight excluding hydrogens is 330 g/mol. The molecule has 0 aliphatic carbocycles. The third-order valence-electron chi connectivity index (χ3n) is 4.60. The first kappa shape index (κ1) is 18.0. The third kappa shape index (κ3) is 5.34. The quantitative estimate of drug-likeness (QED) is 0.744. The Balaban J connectivity index is 1.34. The van der Waals surface area contributed by atoms with E-state index in [9.17, 15) is 9.59 Å². The van der Waals surface area contributed by atoms with Crippen molar-refractivity contribution in [2.75, 3.05) is 18.4 Å². The van der Waals surface area contributed by atoms with Gasteiger partial charge < -0.3 is 15.5 Å². The second kappa shape index (κ2) is 9.03. The number of H-pyrrole nitrogens is 1. The number of benzene rings is 1. The van der Waals surface area contributed by atoms with Crippen LogP contribution in [0.1, 0.15) is 31.2 Å². The maximum absolute atomic E-state index is 12.3. The number of aromatic amines is 1. The van der Waals surface area contributed by atoms with E-state index in [1.54, 1.807) is 11.1 Å². The van der Waals surface area contributed by atoms with Gasteiger partial charge in [-0.2, -0.15) is 5.10 Å². The molecule has 3 N–H and O–H groups in total. The van der Waals surface area contributed by atoms with Crippen LogP contribution in [0.4, 0.5) is 10.5 Å². The summed E-state index contributed by atoms with van der Waals surface area (Å²) in [6.45, 7) is 1.30. The van der Waals surface area contributed by atoms with E-state index in [0.717, 1.165) is 36.9 Å². The fraction of sp³-hybridized carbons (Fsp3) is 0.421. The average Bonchev–Trinajstić information content (AvgIpc) is 3.16. The molecule has 3 amide bonds. The van der Waals surface area contributed by atoms with E-state index in [-0.39, 0.29) is 18.0 Å². The molecule has 1 aromatic heterocycles. The van der Waals surface area contributed by atoms with E-state index in [1.807, 2.05) is 36.5 Å². The number of aromatic nitrogens is 2. The van der Waals surface area contributed by atoms with Crippen molar-refractivity contribution in [3.05, 3.63) is 48.3 Å². The Labute approximate surface area is 153 Å². The molecule has 1 fully saturated rings. The third-order valence-corrected chi connectivity index (χ3v) is 4.60. The molecule has 0 bridgehead atoms. The maximum atomic E-state index is 12.3. The number of hydrogen-bond acceptors (Lipinski definition) is 3. The van der Waals surface area contributed by atoms with Gasteiger partial charge >= 0.3 is 6.03 Å². The Morgan fingerprint density at radius 2 is 1.96 bits per heavy atom. The van der Waals surface area contributed by atoms with Crippen LogP contribution in [0.15, 0.2) is 42.7 Å². The first-order valence-electron chi connectivity index (χ1n) is 9.09. The van der Waals surface area contributed by atoms with E-state index in [1.165, 1.54) is 0 Å². The Morgan fingerprint density at radius 3 is 2.65 bits per heavy atom. The van der Waals surface area contributed by atoms with Gasteiger partial charge in [0.2, 0.25) is 5.91 Å². The number of hydrogen-bond donors (Lipinski definition) is 3. The summed E-state index contributed by atoms with van der Waals surface area (Å²) in [5.74, 6) is 0.0840. The number of carbonyl (C=O) groups is 2. The van der Waals surface area contributed by atoms with Gasteiger partial charge in [-0.05, 0) is 43.4 Å². The topological polar surface area (TPSA) is 90.1 Å². The number of para-hydroxylation sites is 1. The first-order valence-corrected chi connectivity index (χ1v) is 9.09. The number of aryl methyl sites for hydroxylation is 1. The van der Waals surface area contributed by atoms with Gasteiger partial charge in [0.05, 0.1) is 6.20 Å². The van der Waals surface area contributed by atoms with Crippen LogP contribution in [-0.2, 0) is 11.2 Å². The minimum absolute atomic E-state index is 0.0823. The number of rotatable bonds is 6. The van der Waals surface area contributed by atoms with E-state index in [2.05, 4.69) is 20.8 Å². The number of carbonyl (C=O) groups excluding carboxylic acids is 2. The summed E-state index contributed by atoms with van der Waals surface area (Å²) in [7, 11) is 0. The van der Waals surface area contributed by atoms with E-state index >= 15 is 0 Å².